The van der Waals surface area contributed by atoms with Gasteiger partial charge in [-0.15, -0.1) is 0 Å². The number of anilines is 1. The van der Waals surface area contributed by atoms with Crippen molar-refractivity contribution in [2.45, 2.75) is 13.5 Å². The molecule has 0 saturated heterocycles. The number of aromatic nitrogens is 1. The number of fused-ring (bicyclic) bond motifs is 3. The lowest BCUT2D eigenvalue weighted by Gasteiger charge is -2.18. The highest BCUT2D eigenvalue weighted by atomic mass is 19.1. The topological polar surface area (TPSA) is 68.2 Å². The number of nitrogens with one attached hydrogen (secondary N) is 1. The first-order valence-corrected chi connectivity index (χ1v) is 9.90. The molecule has 1 aromatic heterocycles. The third-order valence-electron chi connectivity index (χ3n) is 5.60. The predicted molar refractivity (Wildman–Crippen MR) is 115 cm³/mol. The van der Waals surface area contributed by atoms with E-state index in [-0.39, 0.29) is 28.9 Å². The lowest BCUT2D eigenvalue weighted by molar-refractivity contribution is 0.0979. The van der Waals surface area contributed by atoms with E-state index in [1.165, 1.54) is 18.2 Å². The summed E-state index contributed by atoms with van der Waals surface area (Å²) in [5.74, 6) is -1.21. The van der Waals surface area contributed by atoms with Crippen LogP contribution in [0, 0.1) is 5.82 Å². The van der Waals surface area contributed by atoms with Crippen LogP contribution in [-0.2, 0) is 6.54 Å². The molecule has 0 saturated carbocycles. The maximum absolute atomic E-state index is 13.6. The summed E-state index contributed by atoms with van der Waals surface area (Å²) in [6.45, 7) is 2.44. The largest absolute Gasteiger partial charge is 0.337 e. The van der Waals surface area contributed by atoms with Crippen molar-refractivity contribution in [3.63, 3.8) is 0 Å². The number of ketones is 2. The number of nitrogens with zero attached hydrogens (tertiary/aromatic N) is 1. The molecule has 1 N–H and O–H groups in total. The van der Waals surface area contributed by atoms with Gasteiger partial charge in [0.25, 0.3) is 5.91 Å². The molecule has 6 heteroatoms. The van der Waals surface area contributed by atoms with E-state index in [2.05, 4.69) is 5.32 Å². The minimum absolute atomic E-state index is 0.212. The fraction of sp³-hybridized carbons (Fsp3) is 0.0800. The second kappa shape index (κ2) is 7.02. The number of carbonyl (C=O) groups is 3. The summed E-state index contributed by atoms with van der Waals surface area (Å²) in [6.07, 6.45) is 0. The van der Waals surface area contributed by atoms with Crippen molar-refractivity contribution in [1.82, 2.24) is 4.57 Å². The summed E-state index contributed by atoms with van der Waals surface area (Å²) in [5, 5.41) is 3.44. The van der Waals surface area contributed by atoms with Crippen LogP contribution >= 0.6 is 0 Å². The Bertz CT molecular complexity index is 1420. The van der Waals surface area contributed by atoms with E-state index in [0.717, 1.165) is 5.52 Å². The number of amides is 1. The van der Waals surface area contributed by atoms with Gasteiger partial charge in [0.1, 0.15) is 11.5 Å². The highest BCUT2D eigenvalue weighted by molar-refractivity contribution is 6.28. The van der Waals surface area contributed by atoms with Gasteiger partial charge in [-0.05, 0) is 49.4 Å². The maximum Gasteiger partial charge on any atom is 0.272 e. The van der Waals surface area contributed by atoms with Crippen molar-refractivity contribution in [2.24, 2.45) is 0 Å². The first-order chi connectivity index (χ1) is 15.0. The molecule has 0 spiro atoms. The van der Waals surface area contributed by atoms with Crippen LogP contribution in [0.25, 0.3) is 10.9 Å². The van der Waals surface area contributed by atoms with Crippen molar-refractivity contribution in [3.05, 3.63) is 100 Å². The van der Waals surface area contributed by atoms with Crippen molar-refractivity contribution >= 4 is 34.1 Å². The number of carbonyl (C=O) groups excluding carboxylic acids is 3. The monoisotopic (exact) mass is 412 g/mol. The van der Waals surface area contributed by atoms with E-state index >= 15 is 0 Å². The summed E-state index contributed by atoms with van der Waals surface area (Å²) in [5.41, 5.74) is 2.88. The molecule has 4 aromatic rings. The Balaban J connectivity index is 1.51. The molecule has 5 rings (SSSR count). The van der Waals surface area contributed by atoms with E-state index in [1.54, 1.807) is 53.1 Å². The SMILES string of the molecule is CCn1c(C(=O)Nc2ccc3c(c2)C(=O)c2ccccc2C3=O)cc2cc(F)ccc21. The second-order valence-electron chi connectivity index (χ2n) is 7.40. The van der Waals surface area contributed by atoms with Gasteiger partial charge in [0.15, 0.2) is 11.6 Å². The minimum atomic E-state index is -0.381. The lowest BCUT2D eigenvalue weighted by Crippen LogP contribution is -2.22. The summed E-state index contributed by atoms with van der Waals surface area (Å²) in [4.78, 5) is 38.6. The normalized spacial score (nSPS) is 12.6. The van der Waals surface area contributed by atoms with Gasteiger partial charge in [-0.2, -0.15) is 0 Å². The molecule has 1 aliphatic carbocycles. The highest BCUT2D eigenvalue weighted by Crippen LogP contribution is 2.29. The molecule has 5 nitrogen and oxygen atoms in total. The van der Waals surface area contributed by atoms with Gasteiger partial charge in [-0.3, -0.25) is 14.4 Å². The molecule has 1 heterocycles. The van der Waals surface area contributed by atoms with Crippen LogP contribution in [0.15, 0.2) is 66.7 Å². The van der Waals surface area contributed by atoms with Crippen molar-refractivity contribution < 1.29 is 18.8 Å². The first-order valence-electron chi connectivity index (χ1n) is 9.90. The van der Waals surface area contributed by atoms with Gasteiger partial charge < -0.3 is 9.88 Å². The fourth-order valence-corrected chi connectivity index (χ4v) is 4.14. The van der Waals surface area contributed by atoms with Crippen LogP contribution in [0.3, 0.4) is 0 Å². The van der Waals surface area contributed by atoms with Gasteiger partial charge in [0.05, 0.1) is 0 Å². The molecule has 1 aliphatic rings. The van der Waals surface area contributed by atoms with E-state index in [9.17, 15) is 18.8 Å². The van der Waals surface area contributed by atoms with Crippen LogP contribution in [0.2, 0.25) is 0 Å². The van der Waals surface area contributed by atoms with Crippen LogP contribution in [0.5, 0.6) is 0 Å². The molecule has 3 aromatic carbocycles. The fourth-order valence-electron chi connectivity index (χ4n) is 4.14. The van der Waals surface area contributed by atoms with Crippen molar-refractivity contribution in [3.8, 4) is 0 Å². The third-order valence-corrected chi connectivity index (χ3v) is 5.60. The van der Waals surface area contributed by atoms with Crippen molar-refractivity contribution in [2.75, 3.05) is 5.32 Å². The van der Waals surface area contributed by atoms with E-state index in [1.807, 2.05) is 6.92 Å². The summed E-state index contributed by atoms with van der Waals surface area (Å²) in [7, 11) is 0. The summed E-state index contributed by atoms with van der Waals surface area (Å²) < 4.78 is 15.4. The van der Waals surface area contributed by atoms with Gasteiger partial charge in [0.2, 0.25) is 0 Å². The Morgan fingerprint density at radius 3 is 2.26 bits per heavy atom. The number of benzene rings is 3. The summed E-state index contributed by atoms with van der Waals surface area (Å²) in [6, 6.07) is 17.4. The zero-order valence-corrected chi connectivity index (χ0v) is 16.6. The molecule has 0 bridgehead atoms. The predicted octanol–water partition coefficient (Wildman–Crippen LogP) is 4.83. The van der Waals surface area contributed by atoms with Gasteiger partial charge in [-0.25, -0.2) is 4.39 Å². The zero-order chi connectivity index (χ0) is 21.7. The Kier molecular flexibility index (Phi) is 4.29. The molecule has 152 valence electrons. The molecule has 0 unspecified atom stereocenters. The smallest absolute Gasteiger partial charge is 0.272 e. The average molecular weight is 412 g/mol. The molecule has 0 radical (unpaired) electrons. The Hall–Kier alpha value is -4.06. The van der Waals surface area contributed by atoms with Gasteiger partial charge >= 0.3 is 0 Å². The molecule has 0 atom stereocenters. The van der Waals surface area contributed by atoms with Crippen LogP contribution < -0.4 is 5.32 Å². The molecule has 0 fully saturated rings. The second-order valence-corrected chi connectivity index (χ2v) is 7.40. The minimum Gasteiger partial charge on any atom is -0.337 e. The van der Waals surface area contributed by atoms with Crippen LogP contribution in [-0.4, -0.2) is 22.0 Å². The Morgan fingerprint density at radius 2 is 1.55 bits per heavy atom. The van der Waals surface area contributed by atoms with Gasteiger partial charge in [-0.1, -0.05) is 24.3 Å². The number of hydrogen-bond donors (Lipinski definition) is 1. The summed E-state index contributed by atoms with van der Waals surface area (Å²) >= 11 is 0. The molecule has 1 amide bonds. The van der Waals surface area contributed by atoms with Crippen LogP contribution in [0.1, 0.15) is 49.3 Å². The average Bonchev–Trinajstić information content (AvgIpc) is 3.15. The third kappa shape index (κ3) is 2.95. The number of rotatable bonds is 3. The molecular weight excluding hydrogens is 395 g/mol. The van der Waals surface area contributed by atoms with E-state index in [4.69, 9.17) is 0 Å². The molecule has 0 aliphatic heterocycles. The van der Waals surface area contributed by atoms with E-state index in [0.29, 0.717) is 40.0 Å². The quantitative estimate of drug-likeness (QED) is 0.462. The zero-order valence-electron chi connectivity index (χ0n) is 16.6. The Morgan fingerprint density at radius 1 is 0.871 bits per heavy atom. The molecule has 31 heavy (non-hydrogen) atoms. The van der Waals surface area contributed by atoms with Crippen LogP contribution in [0.4, 0.5) is 10.1 Å². The van der Waals surface area contributed by atoms with Crippen molar-refractivity contribution in [1.29, 1.82) is 0 Å². The maximum atomic E-state index is 13.6. The highest BCUT2D eigenvalue weighted by Gasteiger charge is 2.29. The molecular formula is C25H17FN2O3. The Labute approximate surface area is 177 Å². The lowest BCUT2D eigenvalue weighted by atomic mass is 9.84. The number of hydrogen-bond acceptors (Lipinski definition) is 3. The standard InChI is InChI=1S/C25H17FN2O3/c1-2-28-21-10-7-15(26)11-14(21)12-22(28)25(31)27-16-8-9-19-20(13-16)24(30)18-6-4-3-5-17(18)23(19)29/h3-13H,2H2,1H3,(H,27,31). The van der Waals surface area contributed by atoms with E-state index < -0.39 is 0 Å². The number of halogens is 1. The first kappa shape index (κ1) is 18.9. The number of aryl methyl sites for hydroxylation is 1. The van der Waals surface area contributed by atoms with Gasteiger partial charge in [0, 0.05) is 45.4 Å².